The van der Waals surface area contributed by atoms with Crippen LogP contribution in [0.5, 0.6) is 0 Å². The van der Waals surface area contributed by atoms with E-state index in [0.29, 0.717) is 11.8 Å². The van der Waals surface area contributed by atoms with Crippen molar-refractivity contribution in [2.24, 2.45) is 23.2 Å². The average Bonchev–Trinajstić information content (AvgIpc) is 2.23. The Morgan fingerprint density at radius 3 is 2.53 bits per heavy atom. The van der Waals surface area contributed by atoms with Crippen molar-refractivity contribution in [2.75, 3.05) is 0 Å². The van der Waals surface area contributed by atoms with Gasteiger partial charge in [0.25, 0.3) is 0 Å². The minimum atomic E-state index is -0.323. The summed E-state index contributed by atoms with van der Waals surface area (Å²) in [6.45, 7) is 10.6. The van der Waals surface area contributed by atoms with Crippen molar-refractivity contribution in [2.45, 2.75) is 58.7 Å². The highest BCUT2D eigenvalue weighted by Crippen LogP contribution is 2.54. The fraction of sp³-hybridized carbons (Fsp3) is 0.867. The van der Waals surface area contributed by atoms with E-state index >= 15 is 0 Å². The molecule has 0 amide bonds. The van der Waals surface area contributed by atoms with Gasteiger partial charge in [-0.2, -0.15) is 0 Å². The minimum Gasteiger partial charge on any atom is -0.393 e. The van der Waals surface area contributed by atoms with E-state index in [-0.39, 0.29) is 23.5 Å². The number of aliphatic hydroxyl groups excluding tert-OH is 2. The van der Waals surface area contributed by atoms with Gasteiger partial charge in [-0.25, -0.2) is 0 Å². The molecule has 2 heteroatoms. The maximum atomic E-state index is 10.6. The summed E-state index contributed by atoms with van der Waals surface area (Å²) in [4.78, 5) is 0. The quantitative estimate of drug-likeness (QED) is 0.690. The molecule has 2 fully saturated rings. The summed E-state index contributed by atoms with van der Waals surface area (Å²) in [6.07, 6.45) is 3.11. The topological polar surface area (TPSA) is 40.5 Å². The van der Waals surface area contributed by atoms with E-state index in [1.807, 2.05) is 0 Å². The first-order valence-electron chi connectivity index (χ1n) is 6.91. The third kappa shape index (κ3) is 1.96. The van der Waals surface area contributed by atoms with Crippen LogP contribution in [0.3, 0.4) is 0 Å². The second kappa shape index (κ2) is 4.40. The van der Waals surface area contributed by atoms with E-state index in [0.717, 1.165) is 31.3 Å². The molecule has 0 aromatic rings. The lowest BCUT2D eigenvalue weighted by Gasteiger charge is -2.54. The first kappa shape index (κ1) is 13.1. The van der Waals surface area contributed by atoms with E-state index in [1.165, 1.54) is 0 Å². The molecule has 0 radical (unpaired) electrons. The van der Waals surface area contributed by atoms with Crippen LogP contribution in [0.2, 0.25) is 0 Å². The van der Waals surface area contributed by atoms with Crippen molar-refractivity contribution in [3.8, 4) is 0 Å². The molecule has 5 atom stereocenters. The van der Waals surface area contributed by atoms with Crippen molar-refractivity contribution in [3.63, 3.8) is 0 Å². The lowest BCUT2D eigenvalue weighted by Crippen LogP contribution is -2.54. The van der Waals surface area contributed by atoms with Crippen LogP contribution in [-0.4, -0.2) is 22.4 Å². The molecule has 0 aliphatic heterocycles. The summed E-state index contributed by atoms with van der Waals surface area (Å²) >= 11 is 0. The molecule has 2 rings (SSSR count). The molecule has 17 heavy (non-hydrogen) atoms. The monoisotopic (exact) mass is 238 g/mol. The molecule has 0 aromatic heterocycles. The van der Waals surface area contributed by atoms with Gasteiger partial charge in [-0.05, 0) is 37.5 Å². The maximum Gasteiger partial charge on any atom is 0.0642 e. The summed E-state index contributed by atoms with van der Waals surface area (Å²) < 4.78 is 0. The predicted molar refractivity (Wildman–Crippen MR) is 69.5 cm³/mol. The van der Waals surface area contributed by atoms with Crippen molar-refractivity contribution in [1.82, 2.24) is 0 Å². The predicted octanol–water partition coefficient (Wildman–Crippen LogP) is 2.75. The first-order valence-corrected chi connectivity index (χ1v) is 6.91. The van der Waals surface area contributed by atoms with Crippen LogP contribution >= 0.6 is 0 Å². The van der Waals surface area contributed by atoms with E-state index in [2.05, 4.69) is 27.4 Å². The Morgan fingerprint density at radius 1 is 1.29 bits per heavy atom. The van der Waals surface area contributed by atoms with Crippen LogP contribution < -0.4 is 0 Å². The summed E-state index contributed by atoms with van der Waals surface area (Å²) in [5.74, 6) is 0.948. The average molecular weight is 238 g/mol. The van der Waals surface area contributed by atoms with Crippen molar-refractivity contribution < 1.29 is 10.2 Å². The normalized spacial score (nSPS) is 47.1. The van der Waals surface area contributed by atoms with Crippen molar-refractivity contribution >= 4 is 0 Å². The third-order valence-electron chi connectivity index (χ3n) is 5.30. The SMILES string of the molecule is C=C1CC[C@H](O)[C@]2(C)CC[C@H](C(C)C)[C@H](O)[C@@H]12. The smallest absolute Gasteiger partial charge is 0.0642 e. The molecule has 98 valence electrons. The fourth-order valence-corrected chi connectivity index (χ4v) is 4.06. The van der Waals surface area contributed by atoms with E-state index in [9.17, 15) is 10.2 Å². The molecule has 0 unspecified atom stereocenters. The summed E-state index contributed by atoms with van der Waals surface area (Å²) in [5.41, 5.74) is 0.996. The molecular weight excluding hydrogens is 212 g/mol. The van der Waals surface area contributed by atoms with Gasteiger partial charge in [0.1, 0.15) is 0 Å². The Labute approximate surface area is 105 Å². The Kier molecular flexibility index (Phi) is 3.39. The Bertz CT molecular complexity index is 310. The highest BCUT2D eigenvalue weighted by molar-refractivity contribution is 5.17. The number of aliphatic hydroxyl groups is 2. The molecule has 2 saturated carbocycles. The van der Waals surface area contributed by atoms with E-state index < -0.39 is 0 Å². The van der Waals surface area contributed by atoms with E-state index in [1.54, 1.807) is 0 Å². The van der Waals surface area contributed by atoms with Gasteiger partial charge in [-0.1, -0.05) is 32.9 Å². The van der Waals surface area contributed by atoms with Gasteiger partial charge in [0, 0.05) is 11.3 Å². The van der Waals surface area contributed by atoms with E-state index in [4.69, 9.17) is 0 Å². The van der Waals surface area contributed by atoms with Crippen LogP contribution in [0.1, 0.15) is 46.5 Å². The Balaban J connectivity index is 2.29. The Hall–Kier alpha value is -0.340. The van der Waals surface area contributed by atoms with Crippen LogP contribution in [0, 0.1) is 23.2 Å². The highest BCUT2D eigenvalue weighted by atomic mass is 16.3. The second-order valence-corrected chi connectivity index (χ2v) is 6.63. The van der Waals surface area contributed by atoms with Gasteiger partial charge in [0.15, 0.2) is 0 Å². The van der Waals surface area contributed by atoms with Crippen LogP contribution in [-0.2, 0) is 0 Å². The molecule has 0 bridgehead atoms. The zero-order valence-electron chi connectivity index (χ0n) is 11.3. The second-order valence-electron chi connectivity index (χ2n) is 6.63. The van der Waals surface area contributed by atoms with Crippen molar-refractivity contribution in [1.29, 1.82) is 0 Å². The van der Waals surface area contributed by atoms with Gasteiger partial charge >= 0.3 is 0 Å². The molecule has 0 saturated heterocycles. The molecule has 2 N–H and O–H groups in total. The zero-order chi connectivity index (χ0) is 12.8. The molecule has 0 spiro atoms. The lowest BCUT2D eigenvalue weighted by atomic mass is 9.53. The standard InChI is InChI=1S/C15H26O2/c1-9(2)11-7-8-15(4)12(16)6-5-10(3)13(15)14(11)17/h9,11-14,16-17H,3,5-8H2,1-2,4H3/t11-,12+,13-,14+,15+/m1/s1. The molecule has 0 aromatic carbocycles. The number of fused-ring (bicyclic) bond motifs is 1. The lowest BCUT2D eigenvalue weighted by molar-refractivity contribution is -0.120. The van der Waals surface area contributed by atoms with Gasteiger partial charge < -0.3 is 10.2 Å². The number of hydrogen-bond donors (Lipinski definition) is 2. The van der Waals surface area contributed by atoms with Gasteiger partial charge in [0.2, 0.25) is 0 Å². The number of hydrogen-bond acceptors (Lipinski definition) is 2. The summed E-state index contributed by atoms with van der Waals surface area (Å²) in [7, 11) is 0. The largest absolute Gasteiger partial charge is 0.393 e. The van der Waals surface area contributed by atoms with Gasteiger partial charge in [0.05, 0.1) is 12.2 Å². The van der Waals surface area contributed by atoms with Gasteiger partial charge in [-0.15, -0.1) is 0 Å². The molecule has 2 aliphatic carbocycles. The Morgan fingerprint density at radius 2 is 1.94 bits per heavy atom. The first-order chi connectivity index (χ1) is 7.88. The van der Waals surface area contributed by atoms with Crippen LogP contribution in [0.15, 0.2) is 12.2 Å². The fourth-order valence-electron chi connectivity index (χ4n) is 4.06. The number of rotatable bonds is 1. The maximum absolute atomic E-state index is 10.6. The van der Waals surface area contributed by atoms with Crippen LogP contribution in [0.25, 0.3) is 0 Å². The molecule has 2 aliphatic rings. The third-order valence-corrected chi connectivity index (χ3v) is 5.30. The molecular formula is C15H26O2. The van der Waals surface area contributed by atoms with Gasteiger partial charge in [-0.3, -0.25) is 0 Å². The zero-order valence-corrected chi connectivity index (χ0v) is 11.3. The summed E-state index contributed by atoms with van der Waals surface area (Å²) in [5, 5.41) is 20.9. The molecule has 0 heterocycles. The summed E-state index contributed by atoms with van der Waals surface area (Å²) in [6, 6.07) is 0. The van der Waals surface area contributed by atoms with Crippen LogP contribution in [0.4, 0.5) is 0 Å². The minimum absolute atomic E-state index is 0.0902. The molecule has 2 nitrogen and oxygen atoms in total. The highest BCUT2D eigenvalue weighted by Gasteiger charge is 2.52. The van der Waals surface area contributed by atoms with Crippen molar-refractivity contribution in [3.05, 3.63) is 12.2 Å².